The fourth-order valence-corrected chi connectivity index (χ4v) is 2.44. The summed E-state index contributed by atoms with van der Waals surface area (Å²) in [6.45, 7) is 1.02. The van der Waals surface area contributed by atoms with Crippen LogP contribution in [-0.4, -0.2) is 54.7 Å². The third kappa shape index (κ3) is 4.11. The topological polar surface area (TPSA) is 86.8 Å². The Hall–Kier alpha value is -2.41. The Balaban J connectivity index is 1.65. The van der Waals surface area contributed by atoms with Crippen molar-refractivity contribution < 1.29 is 14.3 Å². The number of nitrogens with one attached hydrogen (secondary N) is 2. The van der Waals surface area contributed by atoms with E-state index in [1.165, 1.54) is 12.8 Å². The van der Waals surface area contributed by atoms with Crippen molar-refractivity contribution in [1.29, 1.82) is 0 Å². The van der Waals surface area contributed by atoms with Gasteiger partial charge in [0.2, 0.25) is 0 Å². The molecule has 1 aliphatic heterocycles. The zero-order chi connectivity index (χ0) is 17.1. The molecule has 128 valence electrons. The number of aromatic nitrogens is 1. The number of likely N-dealkylation sites (N-methyl/N-ethyl adjacent to an activating group) is 1. The van der Waals surface area contributed by atoms with Crippen molar-refractivity contribution in [3.63, 3.8) is 0 Å². The molecule has 2 heterocycles. The van der Waals surface area contributed by atoms with Crippen molar-refractivity contribution in [3.8, 4) is 0 Å². The molecule has 1 aromatic rings. The molecule has 2 N–H and O–H groups in total. The number of nitrogens with zero attached hydrogens (tertiary/aromatic N) is 2. The van der Waals surface area contributed by atoms with E-state index in [1.54, 1.807) is 18.3 Å². The fraction of sp³-hybridized carbons (Fsp3) is 0.471. The minimum atomic E-state index is -0.375. The van der Waals surface area contributed by atoms with Crippen molar-refractivity contribution in [2.45, 2.75) is 19.3 Å². The number of rotatable bonds is 7. The van der Waals surface area contributed by atoms with E-state index in [0.29, 0.717) is 35.9 Å². The molecule has 24 heavy (non-hydrogen) atoms. The van der Waals surface area contributed by atoms with Crippen LogP contribution in [0.2, 0.25) is 0 Å². The Labute approximate surface area is 140 Å². The van der Waals surface area contributed by atoms with Gasteiger partial charge in [0.05, 0.1) is 16.8 Å². The molecule has 0 spiro atoms. The molecule has 1 aliphatic carbocycles. The normalized spacial score (nSPS) is 18.9. The summed E-state index contributed by atoms with van der Waals surface area (Å²) < 4.78 is 5.20. The molecule has 1 fully saturated rings. The average molecular weight is 330 g/mol. The number of carbonyl (C=O) groups excluding carboxylic acids is 2. The maximum Gasteiger partial charge on any atom is 0.339 e. The second kappa shape index (κ2) is 7.00. The van der Waals surface area contributed by atoms with E-state index in [1.807, 2.05) is 19.0 Å². The average Bonchev–Trinajstić information content (AvgIpc) is 3.12. The summed E-state index contributed by atoms with van der Waals surface area (Å²) in [7, 11) is 3.84. The largest absolute Gasteiger partial charge is 0.461 e. The molecule has 3 rings (SSSR count). The van der Waals surface area contributed by atoms with Gasteiger partial charge in [-0.05, 0) is 51.4 Å². The first-order chi connectivity index (χ1) is 11.5. The molecule has 0 bridgehead atoms. The summed E-state index contributed by atoms with van der Waals surface area (Å²) in [5.74, 6) is 0.0709. The van der Waals surface area contributed by atoms with Crippen LogP contribution < -0.4 is 5.43 Å². The second-order valence-electron chi connectivity index (χ2n) is 6.49. The fourth-order valence-electron chi connectivity index (χ4n) is 2.44. The third-order valence-corrected chi connectivity index (χ3v) is 4.04. The smallest absolute Gasteiger partial charge is 0.339 e. The summed E-state index contributed by atoms with van der Waals surface area (Å²) in [5.41, 5.74) is 5.01. The summed E-state index contributed by atoms with van der Waals surface area (Å²) in [5, 5.41) is 4.11. The van der Waals surface area contributed by atoms with E-state index in [2.05, 4.69) is 15.5 Å². The molecule has 2 aliphatic rings. The molecule has 0 radical (unpaired) electrons. The monoisotopic (exact) mass is 330 g/mol. The lowest BCUT2D eigenvalue weighted by Gasteiger charge is -2.09. The first-order valence-corrected chi connectivity index (χ1v) is 8.12. The molecule has 7 heteroatoms. The molecule has 0 atom stereocenters. The van der Waals surface area contributed by atoms with Gasteiger partial charge >= 0.3 is 5.97 Å². The lowest BCUT2D eigenvalue weighted by molar-refractivity contribution is -0.116. The first-order valence-electron chi connectivity index (χ1n) is 8.12. The summed E-state index contributed by atoms with van der Waals surface area (Å²) in [4.78, 5) is 28.9. The molecule has 1 saturated carbocycles. The number of hydrogen-bond acceptors (Lipinski definition) is 5. The van der Waals surface area contributed by atoms with Crippen molar-refractivity contribution in [3.05, 3.63) is 29.1 Å². The van der Waals surface area contributed by atoms with E-state index < -0.39 is 0 Å². The minimum absolute atomic E-state index is 0.199. The van der Waals surface area contributed by atoms with Crippen molar-refractivity contribution >= 4 is 23.7 Å². The van der Waals surface area contributed by atoms with Crippen molar-refractivity contribution in [2.24, 2.45) is 11.0 Å². The number of hydrogen-bond donors (Lipinski definition) is 2. The van der Waals surface area contributed by atoms with Gasteiger partial charge in [0, 0.05) is 18.4 Å². The van der Waals surface area contributed by atoms with Gasteiger partial charge in [-0.3, -0.25) is 4.79 Å². The molecule has 0 saturated heterocycles. The van der Waals surface area contributed by atoms with Crippen molar-refractivity contribution in [1.82, 2.24) is 15.3 Å². The second-order valence-corrected chi connectivity index (χ2v) is 6.49. The van der Waals surface area contributed by atoms with E-state index in [0.717, 1.165) is 12.1 Å². The van der Waals surface area contributed by atoms with Gasteiger partial charge < -0.3 is 14.6 Å². The van der Waals surface area contributed by atoms with Gasteiger partial charge in [-0.2, -0.15) is 5.10 Å². The van der Waals surface area contributed by atoms with Crippen LogP contribution >= 0.6 is 0 Å². The van der Waals surface area contributed by atoms with Gasteiger partial charge in [-0.1, -0.05) is 0 Å². The van der Waals surface area contributed by atoms with Crippen LogP contribution in [0.1, 0.15) is 35.3 Å². The van der Waals surface area contributed by atoms with Gasteiger partial charge in [0.25, 0.3) is 5.91 Å². The Morgan fingerprint density at radius 3 is 2.96 bits per heavy atom. The van der Waals surface area contributed by atoms with Gasteiger partial charge in [0.1, 0.15) is 6.61 Å². The lowest BCUT2D eigenvalue weighted by Crippen LogP contribution is -2.20. The van der Waals surface area contributed by atoms with Crippen LogP contribution in [0.4, 0.5) is 0 Å². The van der Waals surface area contributed by atoms with E-state index in [4.69, 9.17) is 4.74 Å². The SMILES string of the molecule is CN(C)CCOC(=O)c1c[nH]c(/C=C2/C(=O)NN=C2CC2CC2)c1. The third-order valence-electron chi connectivity index (χ3n) is 4.04. The number of esters is 1. The predicted octanol–water partition coefficient (Wildman–Crippen LogP) is 1.40. The number of ether oxygens (including phenoxy) is 1. The zero-order valence-corrected chi connectivity index (χ0v) is 14.0. The first kappa shape index (κ1) is 16.4. The molecule has 1 aromatic heterocycles. The quantitative estimate of drug-likeness (QED) is 0.584. The number of aromatic amines is 1. The Bertz CT molecular complexity index is 698. The highest BCUT2D eigenvalue weighted by Gasteiger charge is 2.30. The van der Waals surface area contributed by atoms with E-state index >= 15 is 0 Å². The standard InChI is InChI=1S/C17H22N4O3/c1-21(2)5-6-24-17(23)12-8-13(18-10-12)9-14-15(7-11-3-4-11)19-20-16(14)22/h8-11,18H,3-7H2,1-2H3,(H,20,22)/b14-9+. The Kier molecular flexibility index (Phi) is 4.80. The molecule has 0 unspecified atom stereocenters. The number of H-pyrrole nitrogens is 1. The zero-order valence-electron chi connectivity index (χ0n) is 14.0. The van der Waals surface area contributed by atoms with Crippen LogP contribution in [0.15, 0.2) is 22.9 Å². The highest BCUT2D eigenvalue weighted by molar-refractivity contribution is 6.27. The van der Waals surface area contributed by atoms with Crippen LogP contribution in [0.5, 0.6) is 0 Å². The van der Waals surface area contributed by atoms with Crippen LogP contribution in [-0.2, 0) is 9.53 Å². The highest BCUT2D eigenvalue weighted by atomic mass is 16.5. The Morgan fingerprint density at radius 1 is 1.46 bits per heavy atom. The van der Waals surface area contributed by atoms with E-state index in [9.17, 15) is 9.59 Å². The summed E-state index contributed by atoms with van der Waals surface area (Å²) in [6, 6.07) is 1.69. The van der Waals surface area contributed by atoms with E-state index in [-0.39, 0.29) is 11.9 Å². The van der Waals surface area contributed by atoms with Gasteiger partial charge in [0.15, 0.2) is 0 Å². The molecular weight excluding hydrogens is 308 g/mol. The summed E-state index contributed by atoms with van der Waals surface area (Å²) in [6.07, 6.45) is 6.55. The minimum Gasteiger partial charge on any atom is -0.461 e. The van der Waals surface area contributed by atoms with Crippen LogP contribution in [0.3, 0.4) is 0 Å². The van der Waals surface area contributed by atoms with Gasteiger partial charge in [-0.25, -0.2) is 10.2 Å². The molecule has 7 nitrogen and oxygen atoms in total. The number of carbonyl (C=O) groups is 2. The van der Waals surface area contributed by atoms with Gasteiger partial charge in [-0.15, -0.1) is 0 Å². The Morgan fingerprint density at radius 2 is 2.25 bits per heavy atom. The lowest BCUT2D eigenvalue weighted by atomic mass is 10.0. The van der Waals surface area contributed by atoms with Crippen LogP contribution in [0, 0.1) is 5.92 Å². The predicted molar refractivity (Wildman–Crippen MR) is 90.5 cm³/mol. The maximum absolute atomic E-state index is 12.0. The summed E-state index contributed by atoms with van der Waals surface area (Å²) >= 11 is 0. The molecule has 0 aromatic carbocycles. The van der Waals surface area contributed by atoms with Crippen molar-refractivity contribution in [2.75, 3.05) is 27.2 Å². The maximum atomic E-state index is 12.0. The highest BCUT2D eigenvalue weighted by Crippen LogP contribution is 2.34. The number of hydrazone groups is 1. The molecule has 1 amide bonds. The molecular formula is C17H22N4O3. The van der Waals surface area contributed by atoms with Crippen LogP contribution in [0.25, 0.3) is 6.08 Å². The number of amides is 1.